The van der Waals surface area contributed by atoms with Crippen molar-refractivity contribution in [3.05, 3.63) is 27.2 Å². The molecule has 4 atom stereocenters. The summed E-state index contributed by atoms with van der Waals surface area (Å²) >= 11 is 18.0. The fourth-order valence-corrected chi connectivity index (χ4v) is 5.24. The summed E-state index contributed by atoms with van der Waals surface area (Å²) in [5, 5.41) is 10.4. The molecule has 0 heterocycles. The summed E-state index contributed by atoms with van der Waals surface area (Å²) in [4.78, 5) is 11.6. The second kappa shape index (κ2) is 7.17. The maximum atomic E-state index is 11.6. The fraction of sp³-hybridized carbons (Fsp3) is 0.632. The van der Waals surface area contributed by atoms with E-state index < -0.39 is 12.1 Å². The molecule has 0 radical (unpaired) electrons. The zero-order valence-electron chi connectivity index (χ0n) is 14.4. The molecule has 1 aromatic rings. The van der Waals surface area contributed by atoms with Crippen molar-refractivity contribution < 1.29 is 14.6 Å². The molecule has 3 fully saturated rings. The first-order chi connectivity index (χ1) is 11.7. The van der Waals surface area contributed by atoms with Crippen molar-refractivity contribution in [2.75, 3.05) is 0 Å². The molecule has 4 unspecified atom stereocenters. The highest BCUT2D eigenvalue weighted by Gasteiger charge is 2.53. The van der Waals surface area contributed by atoms with Gasteiger partial charge in [-0.05, 0) is 61.3 Å². The van der Waals surface area contributed by atoms with E-state index in [4.69, 9.17) is 39.5 Å². The van der Waals surface area contributed by atoms with Crippen molar-refractivity contribution in [3.63, 3.8) is 0 Å². The number of carbonyl (C=O) groups is 1. The molecule has 1 aromatic carbocycles. The number of hydrogen-bond donors (Lipinski definition) is 1. The number of carboxylic acid groups (broad SMARTS) is 1. The first-order valence-corrected chi connectivity index (χ1v) is 9.87. The Balaban J connectivity index is 1.64. The van der Waals surface area contributed by atoms with E-state index in [9.17, 15) is 9.90 Å². The van der Waals surface area contributed by atoms with Gasteiger partial charge in [0.25, 0.3) is 0 Å². The van der Waals surface area contributed by atoms with E-state index in [1.54, 1.807) is 0 Å². The molecular weight excluding hydrogens is 383 g/mol. The molecule has 2 bridgehead atoms. The molecule has 1 N–H and O–H groups in total. The minimum atomic E-state index is -0.983. The molecule has 0 aromatic heterocycles. The van der Waals surface area contributed by atoms with Crippen LogP contribution in [-0.2, 0) is 4.79 Å². The molecule has 138 valence electrons. The Morgan fingerprint density at radius 1 is 1.24 bits per heavy atom. The number of ether oxygens (including phenoxy) is 1. The summed E-state index contributed by atoms with van der Waals surface area (Å²) in [6.07, 6.45) is 4.12. The van der Waals surface area contributed by atoms with Gasteiger partial charge < -0.3 is 9.84 Å². The number of rotatable bonds is 6. The van der Waals surface area contributed by atoms with Gasteiger partial charge in [0.1, 0.15) is 5.75 Å². The smallest absolute Gasteiger partial charge is 0.344 e. The highest BCUT2D eigenvalue weighted by molar-refractivity contribution is 6.43. The molecule has 4 rings (SSSR count). The Hall–Kier alpha value is -0.640. The normalized spacial score (nSPS) is 28.1. The zero-order chi connectivity index (χ0) is 18.4. The van der Waals surface area contributed by atoms with E-state index in [1.165, 1.54) is 31.4 Å². The molecule has 25 heavy (non-hydrogen) atoms. The second-order valence-corrected chi connectivity index (χ2v) is 9.14. The monoisotopic (exact) mass is 404 g/mol. The second-order valence-electron chi connectivity index (χ2n) is 7.92. The molecule has 6 heteroatoms. The van der Waals surface area contributed by atoms with Crippen LogP contribution in [0.5, 0.6) is 5.75 Å². The predicted molar refractivity (Wildman–Crippen MR) is 101 cm³/mol. The quantitative estimate of drug-likeness (QED) is 0.562. The molecule has 3 aliphatic rings. The van der Waals surface area contributed by atoms with Gasteiger partial charge in [-0.25, -0.2) is 4.79 Å². The summed E-state index contributed by atoms with van der Waals surface area (Å²) in [7, 11) is 0. The van der Waals surface area contributed by atoms with E-state index in [0.29, 0.717) is 33.7 Å². The Bertz CT molecular complexity index is 672. The predicted octanol–water partition coefficient (Wildman–Crippen LogP) is 6.33. The van der Waals surface area contributed by atoms with Crippen LogP contribution in [-0.4, -0.2) is 17.2 Å². The van der Waals surface area contributed by atoms with Crippen molar-refractivity contribution in [2.45, 2.75) is 52.1 Å². The molecule has 3 aliphatic carbocycles. The van der Waals surface area contributed by atoms with E-state index in [0.717, 1.165) is 12.3 Å². The maximum Gasteiger partial charge on any atom is 0.344 e. The summed E-state index contributed by atoms with van der Waals surface area (Å²) in [6.45, 7) is 4.69. The lowest BCUT2D eigenvalue weighted by atomic mass is 9.45. The van der Waals surface area contributed by atoms with Crippen molar-refractivity contribution >= 4 is 40.8 Å². The third-order valence-electron chi connectivity index (χ3n) is 6.32. The Kier molecular flexibility index (Phi) is 5.49. The summed E-state index contributed by atoms with van der Waals surface area (Å²) in [5.41, 5.74) is 0.398. The molecule has 3 saturated carbocycles. The standard InChI is InChI=1S/C19H23Cl3O3/c1-19(2)11-5-3-10(12(19)7-11)4-6-16(18(23)24)25-17-9-14(21)13(20)8-15(17)22/h8-12,16H,3-7H2,1-2H3,(H,23,24). The van der Waals surface area contributed by atoms with Crippen molar-refractivity contribution in [2.24, 2.45) is 23.2 Å². The third kappa shape index (κ3) is 3.74. The number of aliphatic carboxylic acids is 1. The number of hydrogen-bond acceptors (Lipinski definition) is 2. The highest BCUT2D eigenvalue weighted by Crippen LogP contribution is 2.62. The largest absolute Gasteiger partial charge is 0.479 e. The molecule has 3 nitrogen and oxygen atoms in total. The van der Waals surface area contributed by atoms with Crippen LogP contribution in [0.2, 0.25) is 15.1 Å². The first kappa shape index (κ1) is 19.1. The van der Waals surface area contributed by atoms with Gasteiger partial charge in [0.2, 0.25) is 0 Å². The lowest BCUT2D eigenvalue weighted by molar-refractivity contribution is -0.146. The van der Waals surface area contributed by atoms with Crippen LogP contribution in [0.3, 0.4) is 0 Å². The highest BCUT2D eigenvalue weighted by atomic mass is 35.5. The number of halogens is 3. The summed E-state index contributed by atoms with van der Waals surface area (Å²) in [5.74, 6) is 1.40. The third-order valence-corrected chi connectivity index (χ3v) is 7.34. The Morgan fingerprint density at radius 2 is 1.92 bits per heavy atom. The van der Waals surface area contributed by atoms with Crippen LogP contribution in [0.1, 0.15) is 46.0 Å². The number of benzene rings is 1. The van der Waals surface area contributed by atoms with Gasteiger partial charge >= 0.3 is 5.97 Å². The van der Waals surface area contributed by atoms with Crippen LogP contribution in [0.15, 0.2) is 12.1 Å². The van der Waals surface area contributed by atoms with Gasteiger partial charge in [-0.2, -0.15) is 0 Å². The lowest BCUT2D eigenvalue weighted by Gasteiger charge is -2.60. The average molecular weight is 406 g/mol. The minimum absolute atomic E-state index is 0.260. The van der Waals surface area contributed by atoms with Crippen LogP contribution >= 0.6 is 34.8 Å². The van der Waals surface area contributed by atoms with Gasteiger partial charge in [-0.3, -0.25) is 0 Å². The molecule has 0 aliphatic heterocycles. The molecule has 0 amide bonds. The van der Waals surface area contributed by atoms with Crippen LogP contribution in [0, 0.1) is 23.2 Å². The Morgan fingerprint density at radius 3 is 2.52 bits per heavy atom. The Labute approximate surface area is 163 Å². The molecule has 0 saturated heterocycles. The van der Waals surface area contributed by atoms with Crippen LogP contribution in [0.4, 0.5) is 0 Å². The van der Waals surface area contributed by atoms with Crippen LogP contribution < -0.4 is 4.74 Å². The number of carboxylic acids is 1. The van der Waals surface area contributed by atoms with E-state index in [-0.39, 0.29) is 10.8 Å². The number of fused-ring (bicyclic) bond motifs is 2. The zero-order valence-corrected chi connectivity index (χ0v) is 16.7. The van der Waals surface area contributed by atoms with E-state index in [1.807, 2.05) is 0 Å². The lowest BCUT2D eigenvalue weighted by Crippen LogP contribution is -2.52. The average Bonchev–Trinajstić information content (AvgIpc) is 2.55. The van der Waals surface area contributed by atoms with E-state index in [2.05, 4.69) is 13.8 Å². The summed E-state index contributed by atoms with van der Waals surface area (Å²) in [6, 6.07) is 2.94. The molecule has 0 spiro atoms. The van der Waals surface area contributed by atoms with Crippen molar-refractivity contribution in [1.29, 1.82) is 0 Å². The van der Waals surface area contributed by atoms with Gasteiger partial charge in [-0.1, -0.05) is 48.7 Å². The molecular formula is C19H23Cl3O3. The maximum absolute atomic E-state index is 11.6. The topological polar surface area (TPSA) is 46.5 Å². The van der Waals surface area contributed by atoms with Gasteiger partial charge in [0.05, 0.1) is 15.1 Å². The fourth-order valence-electron chi connectivity index (χ4n) is 4.65. The van der Waals surface area contributed by atoms with E-state index >= 15 is 0 Å². The van der Waals surface area contributed by atoms with Crippen molar-refractivity contribution in [3.8, 4) is 5.75 Å². The van der Waals surface area contributed by atoms with Gasteiger partial charge in [0, 0.05) is 6.07 Å². The van der Waals surface area contributed by atoms with Crippen molar-refractivity contribution in [1.82, 2.24) is 0 Å². The van der Waals surface area contributed by atoms with Gasteiger partial charge in [0.15, 0.2) is 6.10 Å². The minimum Gasteiger partial charge on any atom is -0.479 e. The van der Waals surface area contributed by atoms with Gasteiger partial charge in [-0.15, -0.1) is 0 Å². The SMILES string of the molecule is CC1(C)C2CCC(CCC(Oc3cc(Cl)c(Cl)cc3Cl)C(=O)O)C1C2. The summed E-state index contributed by atoms with van der Waals surface area (Å²) < 4.78 is 5.66. The first-order valence-electron chi connectivity index (χ1n) is 8.74. The van der Waals surface area contributed by atoms with Crippen LogP contribution in [0.25, 0.3) is 0 Å².